The number of methoxy groups -OCH3 is 1. The lowest BCUT2D eigenvalue weighted by molar-refractivity contribution is -0.137. The second kappa shape index (κ2) is 8.99. The number of hydrogen-bond acceptors (Lipinski definition) is 5. The van der Waals surface area contributed by atoms with Gasteiger partial charge in [-0.2, -0.15) is 13.2 Å². The molecule has 2 heterocycles. The van der Waals surface area contributed by atoms with Crippen molar-refractivity contribution in [2.75, 3.05) is 27.0 Å². The highest BCUT2D eigenvalue weighted by Crippen LogP contribution is 2.56. The molecule has 0 radical (unpaired) electrons. The standard InChI is InChI=1S/C24H29BrF3N3O4/c1-22(2,3)35-21(32)31-11-23(12-31)9-14(10-23)20-29-19(25)18(30(20)4)16-8-15(34-13-33-5)6-7-17(16)24(26,27)28/h6-8,14H,9-13H2,1-5H3. The summed E-state index contributed by atoms with van der Waals surface area (Å²) in [6.45, 7) is 6.66. The number of carbonyl (C=O) groups excluding carboxylic acids is 1. The molecule has 0 bridgehead atoms. The number of ether oxygens (including phenoxy) is 3. The zero-order valence-electron chi connectivity index (χ0n) is 20.3. The minimum Gasteiger partial charge on any atom is -0.468 e. The minimum absolute atomic E-state index is 0.0190. The van der Waals surface area contributed by atoms with Crippen molar-refractivity contribution in [3.05, 3.63) is 34.2 Å². The zero-order valence-corrected chi connectivity index (χ0v) is 21.9. The topological polar surface area (TPSA) is 65.8 Å². The molecular weight excluding hydrogens is 531 g/mol. The van der Waals surface area contributed by atoms with E-state index in [9.17, 15) is 18.0 Å². The van der Waals surface area contributed by atoms with Gasteiger partial charge in [-0.05, 0) is 67.7 Å². The van der Waals surface area contributed by atoms with Gasteiger partial charge >= 0.3 is 12.3 Å². The van der Waals surface area contributed by atoms with E-state index in [4.69, 9.17) is 14.2 Å². The van der Waals surface area contributed by atoms with Crippen LogP contribution in [0.1, 0.15) is 50.9 Å². The molecule has 35 heavy (non-hydrogen) atoms. The van der Waals surface area contributed by atoms with Crippen LogP contribution in [-0.4, -0.2) is 53.1 Å². The molecule has 1 spiro atoms. The van der Waals surface area contributed by atoms with Crippen LogP contribution in [0.3, 0.4) is 0 Å². The first-order valence-electron chi connectivity index (χ1n) is 11.3. The molecule has 0 atom stereocenters. The molecular formula is C24H29BrF3N3O4. The number of imidazole rings is 1. The molecule has 2 aliphatic rings. The van der Waals surface area contributed by atoms with E-state index < -0.39 is 17.3 Å². The zero-order chi connectivity index (χ0) is 25.8. The Morgan fingerprint density at radius 2 is 1.89 bits per heavy atom. The maximum absolute atomic E-state index is 13.8. The molecule has 1 aliphatic heterocycles. The Morgan fingerprint density at radius 3 is 2.46 bits per heavy atom. The Hall–Kier alpha value is -2.27. The van der Waals surface area contributed by atoms with Crippen LogP contribution < -0.4 is 4.74 Å². The van der Waals surface area contributed by atoms with Gasteiger partial charge in [0.15, 0.2) is 6.79 Å². The molecule has 0 unspecified atom stereocenters. The Morgan fingerprint density at radius 1 is 1.23 bits per heavy atom. The van der Waals surface area contributed by atoms with Crippen molar-refractivity contribution in [3.63, 3.8) is 0 Å². The molecule has 1 saturated carbocycles. The number of rotatable bonds is 5. The molecule has 1 aromatic carbocycles. The van der Waals surface area contributed by atoms with E-state index in [0.29, 0.717) is 29.2 Å². The third-order valence-corrected chi connectivity index (χ3v) is 6.96. The number of carbonyl (C=O) groups is 1. The van der Waals surface area contributed by atoms with Gasteiger partial charge in [0, 0.05) is 44.1 Å². The SMILES string of the molecule is COCOc1ccc(C(F)(F)F)c(-c2c(Br)nc(C3CC4(C3)CN(C(=O)OC(C)(C)C)C4)n2C)c1. The highest BCUT2D eigenvalue weighted by Gasteiger charge is 2.55. The van der Waals surface area contributed by atoms with E-state index in [1.54, 1.807) is 16.5 Å². The van der Waals surface area contributed by atoms with Gasteiger partial charge in [0.2, 0.25) is 0 Å². The first-order valence-corrected chi connectivity index (χ1v) is 12.1. The van der Waals surface area contributed by atoms with Gasteiger partial charge < -0.3 is 23.7 Å². The van der Waals surface area contributed by atoms with Crippen molar-refractivity contribution in [2.45, 2.75) is 51.3 Å². The van der Waals surface area contributed by atoms with E-state index in [0.717, 1.165) is 18.9 Å². The summed E-state index contributed by atoms with van der Waals surface area (Å²) in [5, 5.41) is 0. The summed E-state index contributed by atoms with van der Waals surface area (Å²) >= 11 is 3.39. The normalized spacial score (nSPS) is 17.8. The lowest BCUT2D eigenvalue weighted by Gasteiger charge is -2.58. The summed E-state index contributed by atoms with van der Waals surface area (Å²) in [4.78, 5) is 18.5. The number of hydrogen-bond donors (Lipinski definition) is 0. The summed E-state index contributed by atoms with van der Waals surface area (Å²) in [6, 6.07) is 3.65. The predicted octanol–water partition coefficient (Wildman–Crippen LogP) is 5.97. The Bertz CT molecular complexity index is 1110. The Balaban J connectivity index is 1.53. The van der Waals surface area contributed by atoms with Crippen molar-refractivity contribution in [2.24, 2.45) is 12.5 Å². The average molecular weight is 560 g/mol. The molecule has 192 valence electrons. The predicted molar refractivity (Wildman–Crippen MR) is 126 cm³/mol. The van der Waals surface area contributed by atoms with Crippen LogP contribution in [0.25, 0.3) is 11.3 Å². The summed E-state index contributed by atoms with van der Waals surface area (Å²) in [5.74, 6) is 1.07. The fourth-order valence-corrected chi connectivity index (χ4v) is 5.63. The van der Waals surface area contributed by atoms with E-state index in [2.05, 4.69) is 20.9 Å². The largest absolute Gasteiger partial charge is 0.468 e. The molecule has 7 nitrogen and oxygen atoms in total. The molecule has 0 N–H and O–H groups in total. The van der Waals surface area contributed by atoms with Crippen LogP contribution in [0, 0.1) is 5.41 Å². The fourth-order valence-electron chi connectivity index (χ4n) is 4.97. The van der Waals surface area contributed by atoms with Crippen LogP contribution in [0.2, 0.25) is 0 Å². The van der Waals surface area contributed by atoms with Gasteiger partial charge in [-0.15, -0.1) is 0 Å². The van der Waals surface area contributed by atoms with E-state index in [-0.39, 0.29) is 35.5 Å². The average Bonchev–Trinajstić information content (AvgIpc) is 2.95. The molecule has 11 heteroatoms. The van der Waals surface area contributed by atoms with Crippen LogP contribution >= 0.6 is 15.9 Å². The number of nitrogens with zero attached hydrogens (tertiary/aromatic N) is 3. The van der Waals surface area contributed by atoms with Crippen molar-refractivity contribution >= 4 is 22.0 Å². The Kier molecular flexibility index (Phi) is 6.63. The third kappa shape index (κ3) is 5.16. The summed E-state index contributed by atoms with van der Waals surface area (Å²) < 4.78 is 59.2. The molecule has 1 amide bonds. The van der Waals surface area contributed by atoms with Crippen LogP contribution in [0.4, 0.5) is 18.0 Å². The second-order valence-corrected chi connectivity index (χ2v) is 11.1. The molecule has 2 aromatic rings. The second-order valence-electron chi connectivity index (χ2n) is 10.4. The summed E-state index contributed by atoms with van der Waals surface area (Å²) in [5.41, 5.74) is -0.980. The molecule has 2 fully saturated rings. The summed E-state index contributed by atoms with van der Waals surface area (Å²) in [6.07, 6.45) is -3.24. The lowest BCUT2D eigenvalue weighted by atomic mass is 9.57. The minimum atomic E-state index is -4.55. The monoisotopic (exact) mass is 559 g/mol. The van der Waals surface area contributed by atoms with Gasteiger partial charge in [0.1, 0.15) is 21.8 Å². The van der Waals surface area contributed by atoms with Crippen molar-refractivity contribution in [1.29, 1.82) is 0 Å². The number of likely N-dealkylation sites (tertiary alicyclic amines) is 1. The van der Waals surface area contributed by atoms with Gasteiger partial charge in [-0.1, -0.05) is 0 Å². The highest BCUT2D eigenvalue weighted by atomic mass is 79.9. The molecule has 1 saturated heterocycles. The smallest absolute Gasteiger partial charge is 0.417 e. The maximum atomic E-state index is 13.8. The quantitative estimate of drug-likeness (QED) is 0.422. The van der Waals surface area contributed by atoms with Crippen molar-refractivity contribution in [3.8, 4) is 17.0 Å². The van der Waals surface area contributed by atoms with Gasteiger partial charge in [-0.3, -0.25) is 0 Å². The Labute approximate surface area is 210 Å². The first kappa shape index (κ1) is 25.8. The van der Waals surface area contributed by atoms with Crippen molar-refractivity contribution in [1.82, 2.24) is 14.5 Å². The van der Waals surface area contributed by atoms with E-state index in [1.165, 1.54) is 19.2 Å². The van der Waals surface area contributed by atoms with Crippen LogP contribution in [0.5, 0.6) is 5.75 Å². The van der Waals surface area contributed by atoms with Gasteiger partial charge in [0.25, 0.3) is 0 Å². The number of aromatic nitrogens is 2. The van der Waals surface area contributed by atoms with Gasteiger partial charge in [-0.25, -0.2) is 9.78 Å². The molecule has 4 rings (SSSR count). The molecule has 1 aromatic heterocycles. The van der Waals surface area contributed by atoms with E-state index in [1.807, 2.05) is 20.8 Å². The lowest BCUT2D eigenvalue weighted by Crippen LogP contribution is -2.63. The van der Waals surface area contributed by atoms with Gasteiger partial charge in [0.05, 0.1) is 11.3 Å². The number of halogens is 4. The fraction of sp³-hybridized carbons (Fsp3) is 0.583. The van der Waals surface area contributed by atoms with E-state index >= 15 is 0 Å². The van der Waals surface area contributed by atoms with Crippen molar-refractivity contribution < 1.29 is 32.2 Å². The number of amides is 1. The van der Waals surface area contributed by atoms with Crippen LogP contribution in [0.15, 0.2) is 22.8 Å². The first-order chi connectivity index (χ1) is 16.2. The third-order valence-electron chi connectivity index (χ3n) is 6.41. The van der Waals surface area contributed by atoms with Crippen LogP contribution in [-0.2, 0) is 22.7 Å². The molecule has 1 aliphatic carbocycles. The summed E-state index contributed by atoms with van der Waals surface area (Å²) in [7, 11) is 3.17. The highest BCUT2D eigenvalue weighted by molar-refractivity contribution is 9.10. The number of alkyl halides is 3. The maximum Gasteiger partial charge on any atom is 0.417 e. The number of benzene rings is 1.